The van der Waals surface area contributed by atoms with E-state index in [1.807, 2.05) is 0 Å². The smallest absolute Gasteiger partial charge is 0.0713 e. The third-order valence-corrected chi connectivity index (χ3v) is 3.96. The van der Waals surface area contributed by atoms with Crippen LogP contribution in [0.5, 0.6) is 0 Å². The van der Waals surface area contributed by atoms with Crippen LogP contribution >= 0.6 is 0 Å². The molecule has 1 aromatic rings. The first-order valence-corrected chi connectivity index (χ1v) is 7.83. The lowest BCUT2D eigenvalue weighted by atomic mass is 10.1. The summed E-state index contributed by atoms with van der Waals surface area (Å²) in [7, 11) is 3.51. The Balaban J connectivity index is 1.93. The monoisotopic (exact) mass is 292 g/mol. The first-order valence-electron chi connectivity index (χ1n) is 7.83. The number of hydrogen-bond donors (Lipinski definition) is 1. The van der Waals surface area contributed by atoms with Gasteiger partial charge in [0.25, 0.3) is 0 Å². The summed E-state index contributed by atoms with van der Waals surface area (Å²) in [5.41, 5.74) is 2.58. The lowest BCUT2D eigenvalue weighted by Crippen LogP contribution is -2.38. The van der Waals surface area contributed by atoms with Gasteiger partial charge in [0, 0.05) is 39.9 Å². The van der Waals surface area contributed by atoms with Crippen molar-refractivity contribution >= 4 is 0 Å². The zero-order valence-electron chi connectivity index (χ0n) is 13.3. The zero-order chi connectivity index (χ0) is 14.9. The summed E-state index contributed by atoms with van der Waals surface area (Å²) in [6, 6.07) is 9.30. The minimum Gasteiger partial charge on any atom is -0.383 e. The van der Waals surface area contributed by atoms with Gasteiger partial charge in [0.2, 0.25) is 0 Å². The van der Waals surface area contributed by atoms with Crippen LogP contribution in [-0.2, 0) is 22.6 Å². The number of nitrogens with zero attached hydrogens (tertiary/aromatic N) is 1. The van der Waals surface area contributed by atoms with Gasteiger partial charge >= 0.3 is 0 Å². The maximum absolute atomic E-state index is 5.25. The molecule has 0 amide bonds. The number of ether oxygens (including phenoxy) is 2. The normalized spacial score (nSPS) is 18.5. The molecule has 4 heteroatoms. The van der Waals surface area contributed by atoms with E-state index in [9.17, 15) is 0 Å². The molecule has 21 heavy (non-hydrogen) atoms. The van der Waals surface area contributed by atoms with Crippen LogP contribution in [0.4, 0.5) is 0 Å². The van der Waals surface area contributed by atoms with Crippen LogP contribution in [0.15, 0.2) is 24.3 Å². The van der Waals surface area contributed by atoms with Crippen LogP contribution < -0.4 is 5.32 Å². The van der Waals surface area contributed by atoms with Gasteiger partial charge in [-0.25, -0.2) is 0 Å². The summed E-state index contributed by atoms with van der Waals surface area (Å²) in [5.74, 6) is 0. The van der Waals surface area contributed by atoms with E-state index in [1.165, 1.54) is 24.0 Å². The molecule has 1 fully saturated rings. The minimum absolute atomic E-state index is 0.629. The lowest BCUT2D eigenvalue weighted by Gasteiger charge is -2.25. The molecule has 0 bridgehead atoms. The van der Waals surface area contributed by atoms with Crippen LogP contribution in [-0.4, -0.2) is 51.4 Å². The van der Waals surface area contributed by atoms with Crippen molar-refractivity contribution in [3.63, 3.8) is 0 Å². The van der Waals surface area contributed by atoms with E-state index in [0.29, 0.717) is 12.6 Å². The van der Waals surface area contributed by atoms with Crippen molar-refractivity contribution in [2.24, 2.45) is 0 Å². The van der Waals surface area contributed by atoms with Gasteiger partial charge in [0.1, 0.15) is 0 Å². The van der Waals surface area contributed by atoms with Crippen molar-refractivity contribution < 1.29 is 9.47 Å². The average molecular weight is 292 g/mol. The maximum Gasteiger partial charge on any atom is 0.0713 e. The largest absolute Gasteiger partial charge is 0.383 e. The molecule has 0 aromatic heterocycles. The van der Waals surface area contributed by atoms with Crippen LogP contribution in [0.25, 0.3) is 0 Å². The Morgan fingerprint density at radius 2 is 2.10 bits per heavy atom. The molecule has 1 aliphatic rings. The summed E-state index contributed by atoms with van der Waals surface area (Å²) < 4.78 is 10.5. The van der Waals surface area contributed by atoms with Gasteiger partial charge in [-0.2, -0.15) is 0 Å². The molecule has 118 valence electrons. The fourth-order valence-corrected chi connectivity index (χ4v) is 2.92. The van der Waals surface area contributed by atoms with Gasteiger partial charge < -0.3 is 14.8 Å². The van der Waals surface area contributed by atoms with Gasteiger partial charge in [-0.1, -0.05) is 24.3 Å². The molecule has 4 nitrogen and oxygen atoms in total. The van der Waals surface area contributed by atoms with E-state index < -0.39 is 0 Å². The van der Waals surface area contributed by atoms with Crippen LogP contribution in [0.1, 0.15) is 24.0 Å². The number of nitrogens with one attached hydrogen (secondary N) is 1. The third-order valence-electron chi connectivity index (χ3n) is 3.96. The van der Waals surface area contributed by atoms with Crippen LogP contribution in [0, 0.1) is 0 Å². The first-order chi connectivity index (χ1) is 10.3. The maximum atomic E-state index is 5.25. The Morgan fingerprint density at radius 1 is 1.24 bits per heavy atom. The fraction of sp³-hybridized carbons (Fsp3) is 0.647. The molecule has 1 atom stereocenters. The van der Waals surface area contributed by atoms with Crippen molar-refractivity contribution in [3.05, 3.63) is 35.4 Å². The van der Waals surface area contributed by atoms with E-state index in [-0.39, 0.29) is 0 Å². The van der Waals surface area contributed by atoms with Crippen molar-refractivity contribution in [3.8, 4) is 0 Å². The summed E-state index contributed by atoms with van der Waals surface area (Å²) in [4.78, 5) is 2.48. The van der Waals surface area contributed by atoms with E-state index >= 15 is 0 Å². The number of hydrogen-bond acceptors (Lipinski definition) is 4. The molecule has 0 saturated carbocycles. The van der Waals surface area contributed by atoms with Gasteiger partial charge in [-0.3, -0.25) is 4.90 Å². The van der Waals surface area contributed by atoms with E-state index in [4.69, 9.17) is 9.47 Å². The van der Waals surface area contributed by atoms with Gasteiger partial charge in [0.15, 0.2) is 0 Å². The van der Waals surface area contributed by atoms with Gasteiger partial charge in [-0.15, -0.1) is 0 Å². The number of benzene rings is 1. The highest BCUT2D eigenvalue weighted by atomic mass is 16.5. The molecule has 1 saturated heterocycles. The summed E-state index contributed by atoms with van der Waals surface area (Å²) in [6.07, 6.45) is 2.58. The molecule has 1 aliphatic heterocycles. The predicted molar refractivity (Wildman–Crippen MR) is 85.3 cm³/mol. The van der Waals surface area contributed by atoms with Crippen molar-refractivity contribution in [2.75, 3.05) is 40.5 Å². The molecule has 1 unspecified atom stereocenters. The summed E-state index contributed by atoms with van der Waals surface area (Å²) in [6.45, 7) is 5.66. The second-order valence-electron chi connectivity index (χ2n) is 5.77. The van der Waals surface area contributed by atoms with E-state index in [1.54, 1.807) is 14.2 Å². The van der Waals surface area contributed by atoms with Crippen LogP contribution in [0.3, 0.4) is 0 Å². The highest BCUT2D eigenvalue weighted by Gasteiger charge is 2.18. The highest BCUT2D eigenvalue weighted by molar-refractivity contribution is 5.23. The molecule has 2 rings (SSSR count). The average Bonchev–Trinajstić information content (AvgIpc) is 2.98. The highest BCUT2D eigenvalue weighted by Crippen LogP contribution is 2.12. The molecule has 0 spiro atoms. The molecular weight excluding hydrogens is 264 g/mol. The van der Waals surface area contributed by atoms with Gasteiger partial charge in [-0.05, 0) is 30.5 Å². The zero-order valence-corrected chi connectivity index (χ0v) is 13.3. The Kier molecular flexibility index (Phi) is 7.16. The molecular formula is C17H28N2O2. The van der Waals surface area contributed by atoms with E-state index in [0.717, 1.165) is 32.8 Å². The Morgan fingerprint density at radius 3 is 2.81 bits per heavy atom. The van der Waals surface area contributed by atoms with Crippen LogP contribution in [0.2, 0.25) is 0 Å². The quantitative estimate of drug-likeness (QED) is 0.755. The number of methoxy groups -OCH3 is 2. The molecule has 1 heterocycles. The SMILES string of the molecule is COCCN(Cc1cccc(COC)c1)CC1CCCN1. The lowest BCUT2D eigenvalue weighted by molar-refractivity contribution is 0.138. The second kappa shape index (κ2) is 9.15. The number of rotatable bonds is 9. The molecule has 1 N–H and O–H groups in total. The predicted octanol–water partition coefficient (Wildman–Crippen LogP) is 2.03. The second-order valence-corrected chi connectivity index (χ2v) is 5.77. The van der Waals surface area contributed by atoms with E-state index in [2.05, 4.69) is 34.5 Å². The summed E-state index contributed by atoms with van der Waals surface area (Å²) in [5, 5.41) is 3.58. The fourth-order valence-electron chi connectivity index (χ4n) is 2.92. The Hall–Kier alpha value is -0.940. The van der Waals surface area contributed by atoms with Crippen molar-refractivity contribution in [1.82, 2.24) is 10.2 Å². The summed E-state index contributed by atoms with van der Waals surface area (Å²) >= 11 is 0. The first kappa shape index (κ1) is 16.4. The van der Waals surface area contributed by atoms with Crippen molar-refractivity contribution in [2.45, 2.75) is 32.0 Å². The molecule has 0 aliphatic carbocycles. The molecule has 1 aromatic carbocycles. The molecule has 0 radical (unpaired) electrons. The Labute approximate surface area is 128 Å². The standard InChI is InChI=1S/C17H28N2O2/c1-20-10-9-19(13-17-7-4-8-18-17)12-15-5-3-6-16(11-15)14-21-2/h3,5-6,11,17-18H,4,7-10,12-14H2,1-2H3. The third kappa shape index (κ3) is 5.75. The topological polar surface area (TPSA) is 33.7 Å². The van der Waals surface area contributed by atoms with Gasteiger partial charge in [0.05, 0.1) is 13.2 Å². The minimum atomic E-state index is 0.629. The van der Waals surface area contributed by atoms with Crippen molar-refractivity contribution in [1.29, 1.82) is 0 Å². The Bertz CT molecular complexity index is 406.